The van der Waals surface area contributed by atoms with Crippen molar-refractivity contribution >= 4 is 29.2 Å². The molecule has 0 saturated carbocycles. The number of alkyl halides is 3. The van der Waals surface area contributed by atoms with Crippen molar-refractivity contribution in [2.24, 2.45) is 16.5 Å². The summed E-state index contributed by atoms with van der Waals surface area (Å²) in [6.07, 6.45) is -4.39. The minimum absolute atomic E-state index is 0.0733. The normalized spacial score (nSPS) is 11.6. The number of hydrogen-bond donors (Lipinski definition) is 3. The number of amides is 1. The number of benzene rings is 3. The summed E-state index contributed by atoms with van der Waals surface area (Å²) in [5.74, 6) is -0.858. The number of nitrogens with two attached hydrogens (primary N) is 2. The van der Waals surface area contributed by atoms with Crippen molar-refractivity contribution in [3.63, 3.8) is 0 Å². The number of carboxylic acid groups (broad SMARTS) is 1. The van der Waals surface area contributed by atoms with E-state index in [4.69, 9.17) is 30.8 Å². The van der Waals surface area contributed by atoms with Gasteiger partial charge in [-0.3, -0.25) is 14.7 Å². The van der Waals surface area contributed by atoms with Crippen LogP contribution in [0.4, 0.5) is 24.5 Å². The van der Waals surface area contributed by atoms with Gasteiger partial charge in [-0.2, -0.15) is 13.2 Å². The third-order valence-electron chi connectivity index (χ3n) is 4.84. The van der Waals surface area contributed by atoms with Gasteiger partial charge in [0.15, 0.2) is 17.5 Å². The number of anilines is 2. The number of guanidine groups is 1. The first-order valence-electron chi connectivity index (χ1n) is 10.9. The first-order valence-corrected chi connectivity index (χ1v) is 10.9. The lowest BCUT2D eigenvalue weighted by Crippen LogP contribution is -2.28. The third kappa shape index (κ3) is 7.13. The number of aliphatic imine (C=N–C) groups is 1. The maximum absolute atomic E-state index is 13.4. The molecule has 5 N–H and O–H groups in total. The van der Waals surface area contributed by atoms with Crippen LogP contribution in [0.5, 0.6) is 17.2 Å². The molecule has 0 bridgehead atoms. The maximum atomic E-state index is 13.4. The topological polar surface area (TPSA) is 140 Å². The minimum Gasteiger partial charge on any atom is -0.494 e. The molecule has 37 heavy (non-hydrogen) atoms. The monoisotopic (exact) mass is 516 g/mol. The lowest BCUT2D eigenvalue weighted by molar-refractivity contribution is -0.192. The second-order valence-corrected chi connectivity index (χ2v) is 7.51. The summed E-state index contributed by atoms with van der Waals surface area (Å²) in [6.45, 7) is 0.989. The standard InChI is InChI=1S/C23H22N4O3.C2HF3O2/c24-23(25)26-14-5-15-29-17-12-10-16(11-13-17)22(28)27-18-6-1-3-8-20(18)30-21-9-4-2-7-19(21)27;3-2(4,5)1(6)7/h1-4,6-13H,5,14-15H2,(H4,24,25,26);(H,6,7). The molecule has 3 aromatic carbocycles. The second-order valence-electron chi connectivity index (χ2n) is 7.51. The van der Waals surface area contributed by atoms with Crippen LogP contribution in [0.3, 0.4) is 0 Å². The van der Waals surface area contributed by atoms with Gasteiger partial charge in [0.05, 0.1) is 18.0 Å². The molecule has 3 aromatic rings. The third-order valence-corrected chi connectivity index (χ3v) is 4.84. The van der Waals surface area contributed by atoms with Gasteiger partial charge in [0.2, 0.25) is 0 Å². The van der Waals surface area contributed by atoms with Crippen molar-refractivity contribution in [3.05, 3.63) is 78.4 Å². The molecule has 1 aliphatic heterocycles. The second kappa shape index (κ2) is 11.8. The lowest BCUT2D eigenvalue weighted by Gasteiger charge is -2.31. The maximum Gasteiger partial charge on any atom is 0.490 e. The van der Waals surface area contributed by atoms with Crippen LogP contribution in [0, 0.1) is 0 Å². The summed E-state index contributed by atoms with van der Waals surface area (Å²) in [5, 5.41) is 7.12. The van der Waals surface area contributed by atoms with Gasteiger partial charge in [-0.15, -0.1) is 0 Å². The fraction of sp³-hybridized carbons (Fsp3) is 0.160. The molecule has 0 unspecified atom stereocenters. The Morgan fingerprint density at radius 1 is 0.919 bits per heavy atom. The Kier molecular flexibility index (Phi) is 8.56. The van der Waals surface area contributed by atoms with E-state index in [0.29, 0.717) is 53.8 Å². The van der Waals surface area contributed by atoms with Gasteiger partial charge in [-0.1, -0.05) is 24.3 Å². The van der Waals surface area contributed by atoms with Crippen molar-refractivity contribution in [2.45, 2.75) is 12.6 Å². The fourth-order valence-corrected chi connectivity index (χ4v) is 3.21. The zero-order chi connectivity index (χ0) is 27.0. The minimum atomic E-state index is -5.08. The van der Waals surface area contributed by atoms with Gasteiger partial charge < -0.3 is 26.0 Å². The average molecular weight is 516 g/mol. The summed E-state index contributed by atoms with van der Waals surface area (Å²) >= 11 is 0. The number of hydrogen-bond acceptors (Lipinski definition) is 5. The predicted octanol–water partition coefficient (Wildman–Crippen LogP) is 4.45. The molecule has 0 atom stereocenters. The molecular weight excluding hydrogens is 493 g/mol. The van der Waals surface area contributed by atoms with Crippen LogP contribution < -0.4 is 25.8 Å². The van der Waals surface area contributed by atoms with Crippen LogP contribution in [0.2, 0.25) is 0 Å². The largest absolute Gasteiger partial charge is 0.494 e. The Bertz CT molecular complexity index is 1230. The highest BCUT2D eigenvalue weighted by Gasteiger charge is 2.38. The van der Waals surface area contributed by atoms with Crippen molar-refractivity contribution in [3.8, 4) is 17.2 Å². The van der Waals surface area contributed by atoms with Crippen molar-refractivity contribution in [2.75, 3.05) is 18.1 Å². The van der Waals surface area contributed by atoms with E-state index in [0.717, 1.165) is 0 Å². The lowest BCUT2D eigenvalue weighted by atomic mass is 10.1. The molecule has 0 aliphatic carbocycles. The van der Waals surface area contributed by atoms with Crippen molar-refractivity contribution in [1.82, 2.24) is 0 Å². The molecule has 9 nitrogen and oxygen atoms in total. The van der Waals surface area contributed by atoms with Crippen LogP contribution in [0.1, 0.15) is 16.8 Å². The Morgan fingerprint density at radius 2 is 1.43 bits per heavy atom. The first kappa shape index (κ1) is 26.9. The number of carbonyl (C=O) groups is 2. The molecule has 12 heteroatoms. The van der Waals surface area contributed by atoms with Crippen LogP contribution in [0.25, 0.3) is 0 Å². The van der Waals surface area contributed by atoms with Gasteiger partial charge in [-0.25, -0.2) is 4.79 Å². The van der Waals surface area contributed by atoms with Gasteiger partial charge in [0.25, 0.3) is 5.91 Å². The van der Waals surface area contributed by atoms with Crippen LogP contribution in [0.15, 0.2) is 77.8 Å². The molecule has 1 aliphatic rings. The van der Waals surface area contributed by atoms with E-state index in [2.05, 4.69) is 4.99 Å². The SMILES string of the molecule is NC(N)=NCCCOc1ccc(C(=O)N2c3ccccc3Oc3ccccc32)cc1.O=C(O)C(F)(F)F. The molecule has 0 saturated heterocycles. The number of aliphatic carboxylic acids is 1. The summed E-state index contributed by atoms with van der Waals surface area (Å²) in [5.41, 5.74) is 12.6. The van der Waals surface area contributed by atoms with Gasteiger partial charge in [0.1, 0.15) is 5.75 Å². The summed E-state index contributed by atoms with van der Waals surface area (Å²) in [4.78, 5) is 27.9. The van der Waals surface area contributed by atoms with Gasteiger partial charge in [-0.05, 0) is 48.5 Å². The number of para-hydroxylation sites is 4. The Hall–Kier alpha value is -4.74. The molecule has 0 aromatic heterocycles. The Morgan fingerprint density at radius 3 is 1.92 bits per heavy atom. The number of ether oxygens (including phenoxy) is 2. The fourth-order valence-electron chi connectivity index (χ4n) is 3.21. The number of rotatable bonds is 6. The quantitative estimate of drug-likeness (QED) is 0.250. The number of carboxylic acids is 1. The molecular formula is C25H23F3N4O5. The highest BCUT2D eigenvalue weighted by Crippen LogP contribution is 2.46. The number of carbonyl (C=O) groups excluding carboxylic acids is 1. The summed E-state index contributed by atoms with van der Waals surface area (Å²) in [7, 11) is 0. The molecule has 1 amide bonds. The van der Waals surface area contributed by atoms with Crippen LogP contribution >= 0.6 is 0 Å². The molecule has 0 spiro atoms. The molecule has 4 rings (SSSR count). The Balaban J connectivity index is 0.000000479. The van der Waals surface area contributed by atoms with Crippen LogP contribution in [-0.2, 0) is 4.79 Å². The first-order chi connectivity index (χ1) is 17.6. The number of halogens is 3. The average Bonchev–Trinajstić information content (AvgIpc) is 2.86. The summed E-state index contributed by atoms with van der Waals surface area (Å²) in [6, 6.07) is 22.1. The van der Waals surface area contributed by atoms with Gasteiger partial charge in [0, 0.05) is 18.5 Å². The predicted molar refractivity (Wildman–Crippen MR) is 130 cm³/mol. The van der Waals surface area contributed by atoms with Gasteiger partial charge >= 0.3 is 12.1 Å². The zero-order valence-corrected chi connectivity index (χ0v) is 19.3. The van der Waals surface area contributed by atoms with Crippen LogP contribution in [-0.4, -0.2) is 42.3 Å². The highest BCUT2D eigenvalue weighted by molar-refractivity contribution is 6.13. The Labute approximate surface area is 209 Å². The smallest absolute Gasteiger partial charge is 0.490 e. The van der Waals surface area contributed by atoms with E-state index in [1.165, 1.54) is 0 Å². The van der Waals surface area contributed by atoms with E-state index in [1.54, 1.807) is 29.2 Å². The number of nitrogens with zero attached hydrogens (tertiary/aromatic N) is 2. The highest BCUT2D eigenvalue weighted by atomic mass is 19.4. The van der Waals surface area contributed by atoms with E-state index in [9.17, 15) is 18.0 Å². The molecule has 0 fully saturated rings. The molecule has 0 radical (unpaired) electrons. The molecule has 1 heterocycles. The van der Waals surface area contributed by atoms with E-state index < -0.39 is 12.1 Å². The van der Waals surface area contributed by atoms with Crippen molar-refractivity contribution in [1.29, 1.82) is 0 Å². The molecule has 194 valence electrons. The zero-order valence-electron chi connectivity index (χ0n) is 19.3. The van der Waals surface area contributed by atoms with E-state index in [-0.39, 0.29) is 11.9 Å². The summed E-state index contributed by atoms with van der Waals surface area (Å²) < 4.78 is 43.4. The van der Waals surface area contributed by atoms with E-state index >= 15 is 0 Å². The van der Waals surface area contributed by atoms with Crippen molar-refractivity contribution < 1.29 is 37.3 Å². The number of fused-ring (bicyclic) bond motifs is 2. The van der Waals surface area contributed by atoms with E-state index in [1.807, 2.05) is 48.5 Å².